The molecule has 6 heterocycles. The lowest BCUT2D eigenvalue weighted by Crippen LogP contribution is -2.13. The second-order valence-electron chi connectivity index (χ2n) is 15.9. The second-order valence-corrected chi connectivity index (χ2v) is 15.9. The van der Waals surface area contributed by atoms with Gasteiger partial charge in [-0.1, -0.05) is 6.07 Å². The van der Waals surface area contributed by atoms with Crippen LogP contribution in [0.4, 0.5) is 0 Å². The number of hydrogen-bond acceptors (Lipinski definition) is 13. The van der Waals surface area contributed by atoms with E-state index in [4.69, 9.17) is 14.2 Å². The molecule has 0 saturated carbocycles. The molecule has 17 nitrogen and oxygen atoms in total. The van der Waals surface area contributed by atoms with Gasteiger partial charge in [0.1, 0.15) is 35.5 Å². The molecule has 0 radical (unpaired) electrons. The first-order chi connectivity index (χ1) is 29.8. The van der Waals surface area contributed by atoms with Crippen LogP contribution in [0.5, 0.6) is 17.2 Å². The first kappa shape index (κ1) is 43.4. The summed E-state index contributed by atoms with van der Waals surface area (Å²) in [6.07, 6.45) is 6.60. The first-order valence-corrected chi connectivity index (χ1v) is 20.5. The lowest BCUT2D eigenvalue weighted by molar-refractivity contribution is 0.296. The molecule has 0 aliphatic rings. The second kappa shape index (κ2) is 18.9. The summed E-state index contributed by atoms with van der Waals surface area (Å²) in [6, 6.07) is 16.0. The molecule has 0 atom stereocenters. The summed E-state index contributed by atoms with van der Waals surface area (Å²) in [5.74, 6) is 5.89. The van der Waals surface area contributed by atoms with Gasteiger partial charge in [-0.2, -0.15) is 5.10 Å². The molecule has 0 spiro atoms. The van der Waals surface area contributed by atoms with E-state index in [9.17, 15) is 0 Å². The summed E-state index contributed by atoms with van der Waals surface area (Å²) in [5.41, 5.74) is 9.90. The maximum absolute atomic E-state index is 6.26. The molecule has 324 valence electrons. The molecule has 0 unspecified atom stereocenters. The molecule has 0 bridgehead atoms. The Morgan fingerprint density at radius 2 is 1.34 bits per heavy atom. The lowest BCUT2D eigenvalue weighted by atomic mass is 10.1. The van der Waals surface area contributed by atoms with Crippen LogP contribution in [-0.4, -0.2) is 117 Å². The van der Waals surface area contributed by atoms with Crippen LogP contribution in [0.25, 0.3) is 33.7 Å². The summed E-state index contributed by atoms with van der Waals surface area (Å²) in [7, 11) is 11.7. The van der Waals surface area contributed by atoms with Crippen LogP contribution < -0.4 is 14.2 Å². The highest BCUT2D eigenvalue weighted by Crippen LogP contribution is 2.34. The Hall–Kier alpha value is -6.72. The van der Waals surface area contributed by atoms with Gasteiger partial charge in [-0.3, -0.25) is 18.5 Å². The van der Waals surface area contributed by atoms with Crippen LogP contribution in [0, 0.1) is 34.6 Å². The average Bonchev–Trinajstić information content (AvgIpc) is 3.99. The number of ether oxygens (including phenoxy) is 3. The molecule has 8 rings (SSSR count). The van der Waals surface area contributed by atoms with Crippen molar-refractivity contribution in [1.29, 1.82) is 0 Å². The van der Waals surface area contributed by atoms with E-state index in [-0.39, 0.29) is 0 Å². The topological polar surface area (TPSA) is 156 Å². The summed E-state index contributed by atoms with van der Waals surface area (Å²) in [4.78, 5) is 8.76. The van der Waals surface area contributed by atoms with Gasteiger partial charge < -0.3 is 28.6 Å². The summed E-state index contributed by atoms with van der Waals surface area (Å²) in [5, 5.41) is 29.8. The maximum Gasteiger partial charge on any atom is 0.179 e. The number of hydrogen-bond donors (Lipinski definition) is 0. The quantitative estimate of drug-likeness (QED) is 0.121. The zero-order valence-corrected chi connectivity index (χ0v) is 37.6. The monoisotopic (exact) mass is 840 g/mol. The number of methoxy groups -OCH3 is 1. The highest BCUT2D eigenvalue weighted by Gasteiger charge is 2.16. The fourth-order valence-electron chi connectivity index (χ4n) is 7.31. The fourth-order valence-corrected chi connectivity index (χ4v) is 7.31. The number of benzene rings is 2. The minimum Gasteiger partial charge on any atom is -0.497 e. The van der Waals surface area contributed by atoms with Crippen LogP contribution >= 0.6 is 0 Å². The molecular formula is C45H56N14O3. The van der Waals surface area contributed by atoms with E-state index in [0.29, 0.717) is 32.8 Å². The maximum atomic E-state index is 6.26. The Bertz CT molecular complexity index is 2780. The fraction of sp³-hybridized carbons (Fsp3) is 0.378. The van der Waals surface area contributed by atoms with Gasteiger partial charge in [-0.15, -0.1) is 30.6 Å². The molecule has 17 heteroatoms. The smallest absolute Gasteiger partial charge is 0.179 e. The van der Waals surface area contributed by atoms with Crippen LogP contribution in [0.3, 0.4) is 0 Å². The molecule has 62 heavy (non-hydrogen) atoms. The van der Waals surface area contributed by atoms with Crippen molar-refractivity contribution in [3.8, 4) is 39.6 Å². The van der Waals surface area contributed by atoms with Crippen molar-refractivity contribution < 1.29 is 14.2 Å². The summed E-state index contributed by atoms with van der Waals surface area (Å²) in [6.45, 7) is 13.2. The highest BCUT2D eigenvalue weighted by atomic mass is 16.5. The number of nitrogens with zero attached hydrogens (tertiary/aromatic N) is 14. The van der Waals surface area contributed by atoms with Crippen LogP contribution in [0.15, 0.2) is 67.1 Å². The Morgan fingerprint density at radius 1 is 0.661 bits per heavy atom. The summed E-state index contributed by atoms with van der Waals surface area (Å²) < 4.78 is 25.9. The Morgan fingerprint density at radius 3 is 2.00 bits per heavy atom. The minimum absolute atomic E-state index is 0.500. The molecule has 8 aromatic rings. The summed E-state index contributed by atoms with van der Waals surface area (Å²) >= 11 is 0. The zero-order chi connectivity index (χ0) is 44.1. The largest absolute Gasteiger partial charge is 0.497 e. The third-order valence-electron chi connectivity index (χ3n) is 10.6. The van der Waals surface area contributed by atoms with E-state index in [2.05, 4.69) is 82.5 Å². The van der Waals surface area contributed by atoms with E-state index in [0.717, 1.165) is 91.9 Å². The average molecular weight is 841 g/mol. The standard InChI is InChI=1S/C23H29N7O.C22H27N7O2/c1-15-7-8-19(20-13-30-22(12-24-20)25-26-23(30)14-28(4)5)21(11-15)31-10-9-18-16(2)27-29(6)17(18)3;1-15-23-24-16(2)28(15)10-11-31-20-8-7-18(30-5)12-19(20)17-6-9-21-25-26-22(14-27(3)4)29(21)13-17/h7-8,11-13H,9-10,14H2,1-6H3;6-9,12-13H,10-11,14H2,1-5H3. The zero-order valence-electron chi connectivity index (χ0n) is 37.6. The molecule has 0 fully saturated rings. The molecule has 2 aromatic carbocycles. The van der Waals surface area contributed by atoms with Gasteiger partial charge in [0, 0.05) is 48.2 Å². The third-order valence-corrected chi connectivity index (χ3v) is 10.6. The van der Waals surface area contributed by atoms with E-state index in [1.165, 1.54) is 11.3 Å². The van der Waals surface area contributed by atoms with E-state index >= 15 is 0 Å². The van der Waals surface area contributed by atoms with Crippen molar-refractivity contribution in [1.82, 2.24) is 68.5 Å². The lowest BCUT2D eigenvalue weighted by Gasteiger charge is -2.15. The Kier molecular flexibility index (Phi) is 13.2. The van der Waals surface area contributed by atoms with E-state index in [1.807, 2.05) is 117 Å². The van der Waals surface area contributed by atoms with Crippen LogP contribution in [0.1, 0.15) is 45.8 Å². The van der Waals surface area contributed by atoms with Gasteiger partial charge in [-0.05, 0) is 116 Å². The first-order valence-electron chi connectivity index (χ1n) is 20.5. The molecule has 0 saturated heterocycles. The normalized spacial score (nSPS) is 11.5. The predicted octanol–water partition coefficient (Wildman–Crippen LogP) is 5.89. The van der Waals surface area contributed by atoms with Crippen molar-refractivity contribution in [3.63, 3.8) is 0 Å². The number of aryl methyl sites for hydroxylation is 5. The van der Waals surface area contributed by atoms with Gasteiger partial charge in [0.15, 0.2) is 22.9 Å². The molecule has 0 aliphatic carbocycles. The Labute approximate surface area is 361 Å². The predicted molar refractivity (Wildman–Crippen MR) is 238 cm³/mol. The van der Waals surface area contributed by atoms with E-state index in [1.54, 1.807) is 13.3 Å². The van der Waals surface area contributed by atoms with Crippen molar-refractivity contribution in [3.05, 3.63) is 113 Å². The highest BCUT2D eigenvalue weighted by molar-refractivity contribution is 5.73. The van der Waals surface area contributed by atoms with Crippen molar-refractivity contribution >= 4 is 11.3 Å². The molecule has 0 amide bonds. The number of fused-ring (bicyclic) bond motifs is 2. The third kappa shape index (κ3) is 9.74. The van der Waals surface area contributed by atoms with Crippen molar-refractivity contribution in [2.45, 2.75) is 60.7 Å². The van der Waals surface area contributed by atoms with Gasteiger partial charge in [0.05, 0.1) is 50.9 Å². The molecule has 6 aromatic heterocycles. The van der Waals surface area contributed by atoms with E-state index < -0.39 is 0 Å². The Balaban J connectivity index is 0.000000186. The van der Waals surface area contributed by atoms with Gasteiger partial charge in [0.25, 0.3) is 0 Å². The molecule has 0 aliphatic heterocycles. The van der Waals surface area contributed by atoms with Crippen molar-refractivity contribution in [2.75, 3.05) is 48.5 Å². The van der Waals surface area contributed by atoms with Crippen LogP contribution in [0.2, 0.25) is 0 Å². The number of aromatic nitrogens is 12. The SMILES string of the molecule is COc1ccc(OCCn2c(C)nnc2C)c(-c2ccc3nnc(CN(C)C)n3c2)c1.Cc1ccc(-c2cn3c(CN(C)C)nnc3cn2)c(OCCc2c(C)nn(C)c2C)c1. The minimum atomic E-state index is 0.500. The van der Waals surface area contributed by atoms with Gasteiger partial charge in [-0.25, -0.2) is 0 Å². The molecule has 0 N–H and O–H groups in total. The van der Waals surface area contributed by atoms with Gasteiger partial charge in [0.2, 0.25) is 0 Å². The van der Waals surface area contributed by atoms with Gasteiger partial charge >= 0.3 is 0 Å². The number of pyridine rings is 1. The van der Waals surface area contributed by atoms with Crippen LogP contribution in [-0.2, 0) is 33.1 Å². The molecular weight excluding hydrogens is 785 g/mol. The number of rotatable bonds is 15. The van der Waals surface area contributed by atoms with Crippen molar-refractivity contribution in [2.24, 2.45) is 7.05 Å².